The van der Waals surface area contributed by atoms with Crippen LogP contribution in [-0.2, 0) is 0 Å². The number of para-hydroxylation sites is 6. The summed E-state index contributed by atoms with van der Waals surface area (Å²) in [6.07, 6.45) is 0. The fourth-order valence-electron chi connectivity index (χ4n) is 9.72. The van der Waals surface area contributed by atoms with E-state index in [1.54, 1.807) is 0 Å². The van der Waals surface area contributed by atoms with Crippen LogP contribution in [-0.4, -0.2) is 13.7 Å². The van der Waals surface area contributed by atoms with Crippen LogP contribution in [0, 0.1) is 0 Å². The Labute approximate surface area is 333 Å². The van der Waals surface area contributed by atoms with Gasteiger partial charge in [0.25, 0.3) is 0 Å². The number of nitrogens with zero attached hydrogens (tertiary/aromatic N) is 3. The molecule has 9 aromatic carbocycles. The first kappa shape index (κ1) is 31.4. The van der Waals surface area contributed by atoms with E-state index in [9.17, 15) is 0 Å². The lowest BCUT2D eigenvalue weighted by atomic mass is 10.0. The largest absolute Gasteiger partial charge is 0.453 e. The van der Waals surface area contributed by atoms with Gasteiger partial charge >= 0.3 is 0 Å². The summed E-state index contributed by atoms with van der Waals surface area (Å²) < 4.78 is 13.7. The van der Waals surface area contributed by atoms with Gasteiger partial charge in [-0.1, -0.05) is 127 Å². The molecule has 0 aliphatic carbocycles. The highest BCUT2D eigenvalue weighted by Gasteiger charge is 2.25. The van der Waals surface area contributed by atoms with E-state index in [-0.39, 0.29) is 0 Å². The van der Waals surface area contributed by atoms with Crippen LogP contribution in [0.2, 0.25) is 0 Å². The van der Waals surface area contributed by atoms with Gasteiger partial charge in [-0.15, -0.1) is 0 Å². The van der Waals surface area contributed by atoms with Crippen LogP contribution < -0.4 is 4.74 Å². The Bertz CT molecular complexity index is 3590. The van der Waals surface area contributed by atoms with Gasteiger partial charge in [-0.25, -0.2) is 0 Å². The molecule has 0 fully saturated rings. The summed E-state index contributed by atoms with van der Waals surface area (Å²) in [6, 6.07) is 72.5. The van der Waals surface area contributed by atoms with Crippen molar-refractivity contribution in [3.63, 3.8) is 0 Å². The van der Waals surface area contributed by atoms with Crippen LogP contribution in [0.4, 0.5) is 0 Å². The molecule has 1 aliphatic heterocycles. The summed E-state index contributed by atoms with van der Waals surface area (Å²) in [4.78, 5) is 0. The summed E-state index contributed by atoms with van der Waals surface area (Å²) in [7, 11) is 0. The van der Waals surface area contributed by atoms with Crippen LogP contribution in [0.25, 0.3) is 105 Å². The van der Waals surface area contributed by atoms with Gasteiger partial charge in [-0.05, 0) is 89.5 Å². The quantitative estimate of drug-likeness (QED) is 0.176. The molecule has 58 heavy (non-hydrogen) atoms. The van der Waals surface area contributed by atoms with Gasteiger partial charge in [0.15, 0.2) is 11.5 Å². The molecule has 4 heterocycles. The van der Waals surface area contributed by atoms with Crippen molar-refractivity contribution >= 4 is 65.4 Å². The first-order chi connectivity index (χ1) is 28.8. The van der Waals surface area contributed by atoms with E-state index in [1.807, 2.05) is 6.07 Å². The second-order valence-electron chi connectivity index (χ2n) is 15.3. The number of hydrogen-bond acceptors (Lipinski definition) is 1. The minimum absolute atomic E-state index is 0.869. The zero-order chi connectivity index (χ0) is 37.9. The molecular weight excluding hydrogens is 707 g/mol. The first-order valence-corrected chi connectivity index (χ1v) is 19.8. The summed E-state index contributed by atoms with van der Waals surface area (Å²) in [5.74, 6) is 1.75. The lowest BCUT2D eigenvalue weighted by Gasteiger charge is -2.21. The monoisotopic (exact) mass is 739 g/mol. The Morgan fingerprint density at radius 1 is 0.293 bits per heavy atom. The predicted octanol–water partition coefficient (Wildman–Crippen LogP) is 14.4. The van der Waals surface area contributed by atoms with Crippen molar-refractivity contribution in [2.24, 2.45) is 0 Å². The van der Waals surface area contributed by atoms with Crippen molar-refractivity contribution in [1.82, 2.24) is 13.7 Å². The predicted molar refractivity (Wildman–Crippen MR) is 240 cm³/mol. The number of benzene rings is 9. The minimum Gasteiger partial charge on any atom is -0.453 e. The van der Waals surface area contributed by atoms with Crippen molar-refractivity contribution in [2.45, 2.75) is 0 Å². The maximum atomic E-state index is 6.43. The first-order valence-electron chi connectivity index (χ1n) is 19.8. The van der Waals surface area contributed by atoms with E-state index in [0.717, 1.165) is 34.1 Å². The highest BCUT2D eigenvalue weighted by Crippen LogP contribution is 2.47. The molecule has 12 aromatic rings. The molecule has 1 aliphatic rings. The fourth-order valence-corrected chi connectivity index (χ4v) is 9.72. The molecule has 270 valence electrons. The molecule has 3 aromatic heterocycles. The van der Waals surface area contributed by atoms with E-state index < -0.39 is 0 Å². The van der Waals surface area contributed by atoms with Gasteiger partial charge in [0.05, 0.1) is 38.8 Å². The van der Waals surface area contributed by atoms with Crippen molar-refractivity contribution < 1.29 is 4.74 Å². The summed E-state index contributed by atoms with van der Waals surface area (Å²) >= 11 is 0. The van der Waals surface area contributed by atoms with Gasteiger partial charge in [-0.2, -0.15) is 0 Å². The van der Waals surface area contributed by atoms with Crippen LogP contribution >= 0.6 is 0 Å². The topological polar surface area (TPSA) is 24.0 Å². The Morgan fingerprint density at radius 3 is 1.64 bits per heavy atom. The van der Waals surface area contributed by atoms with E-state index >= 15 is 0 Å². The lowest BCUT2D eigenvalue weighted by Crippen LogP contribution is -2.04. The normalized spacial score (nSPS) is 12.3. The Hall–Kier alpha value is -7.82. The van der Waals surface area contributed by atoms with E-state index in [4.69, 9.17) is 4.74 Å². The zero-order valence-electron chi connectivity index (χ0n) is 31.3. The molecule has 4 nitrogen and oxygen atoms in total. The number of fused-ring (bicyclic) bond motifs is 11. The van der Waals surface area contributed by atoms with E-state index in [2.05, 4.69) is 208 Å². The third-order valence-corrected chi connectivity index (χ3v) is 12.2. The van der Waals surface area contributed by atoms with Gasteiger partial charge in [0.2, 0.25) is 0 Å². The number of aromatic nitrogens is 3. The number of hydrogen-bond donors (Lipinski definition) is 0. The average Bonchev–Trinajstić information content (AvgIpc) is 3.93. The summed E-state index contributed by atoms with van der Waals surface area (Å²) in [5.41, 5.74) is 15.2. The zero-order valence-corrected chi connectivity index (χ0v) is 31.3. The molecule has 0 radical (unpaired) electrons. The maximum Gasteiger partial charge on any atom is 0.152 e. The highest BCUT2D eigenvalue weighted by atomic mass is 16.5. The Balaban J connectivity index is 1.02. The van der Waals surface area contributed by atoms with Gasteiger partial charge in [0.1, 0.15) is 0 Å². The fraction of sp³-hybridized carbons (Fsp3) is 0. The van der Waals surface area contributed by atoms with Crippen LogP contribution in [0.3, 0.4) is 0 Å². The minimum atomic E-state index is 0.869. The van der Waals surface area contributed by atoms with Crippen LogP contribution in [0.1, 0.15) is 0 Å². The number of ether oxygens (including phenoxy) is 1. The molecule has 13 rings (SSSR count). The molecule has 0 amide bonds. The van der Waals surface area contributed by atoms with Crippen LogP contribution in [0.15, 0.2) is 200 Å². The number of rotatable bonds is 4. The molecular formula is C54H33N3O. The molecule has 0 unspecified atom stereocenters. The molecule has 0 N–H and O–H groups in total. The third-order valence-electron chi connectivity index (χ3n) is 12.2. The second kappa shape index (κ2) is 11.8. The lowest BCUT2D eigenvalue weighted by molar-refractivity contribution is 0.476. The Morgan fingerprint density at radius 2 is 0.845 bits per heavy atom. The van der Waals surface area contributed by atoms with Crippen molar-refractivity contribution in [1.29, 1.82) is 0 Å². The molecule has 0 spiro atoms. The van der Waals surface area contributed by atoms with E-state index in [0.29, 0.717) is 0 Å². The van der Waals surface area contributed by atoms with Crippen molar-refractivity contribution in [3.05, 3.63) is 200 Å². The molecule has 4 heteroatoms. The Kier molecular flexibility index (Phi) is 6.41. The second-order valence-corrected chi connectivity index (χ2v) is 15.3. The summed E-state index contributed by atoms with van der Waals surface area (Å²) in [6.45, 7) is 0. The standard InChI is InChI=1S/C54H33N3O/c1-2-12-34(13-3-1)36-26-30-48-44(32-36)45-33-38(56-46-19-6-4-14-40(46)41-15-5-7-20-47(41)56)29-31-49(45)55(48)37-27-24-35(25-28-37)39-16-10-17-42-43-18-11-23-52-54(43)57(53(39)42)50-21-8-9-22-51(50)58-52/h1-33H. The summed E-state index contributed by atoms with van der Waals surface area (Å²) in [5, 5.41) is 7.38. The van der Waals surface area contributed by atoms with Gasteiger partial charge < -0.3 is 18.4 Å². The molecule has 0 saturated heterocycles. The van der Waals surface area contributed by atoms with E-state index in [1.165, 1.54) is 82.2 Å². The maximum absolute atomic E-state index is 6.43. The van der Waals surface area contributed by atoms with Crippen molar-refractivity contribution in [2.75, 3.05) is 0 Å². The smallest absolute Gasteiger partial charge is 0.152 e. The van der Waals surface area contributed by atoms with Gasteiger partial charge in [0, 0.05) is 49.3 Å². The SMILES string of the molecule is c1ccc(-c2ccc3c(c2)c2cc(-n4c5ccccc5c5ccccc54)ccc2n3-c2ccc(-c3cccc4c5cccc6c5n(c34)-c3ccccc3O6)cc2)cc1. The highest BCUT2D eigenvalue weighted by molar-refractivity contribution is 6.16. The molecule has 0 bridgehead atoms. The average molecular weight is 740 g/mol. The van der Waals surface area contributed by atoms with Crippen LogP contribution in [0.5, 0.6) is 11.5 Å². The van der Waals surface area contributed by atoms with Crippen molar-refractivity contribution in [3.8, 4) is 50.8 Å². The molecule has 0 atom stereocenters. The third kappa shape index (κ3) is 4.34. The van der Waals surface area contributed by atoms with Gasteiger partial charge in [-0.3, -0.25) is 0 Å². The molecule has 0 saturated carbocycles.